The van der Waals surface area contributed by atoms with Gasteiger partial charge in [0.1, 0.15) is 5.75 Å². The molecule has 0 radical (unpaired) electrons. The van der Waals surface area contributed by atoms with Gasteiger partial charge in [-0.05, 0) is 60.7 Å². The molecule has 186 valence electrons. The number of aromatic nitrogens is 1. The zero-order valence-corrected chi connectivity index (χ0v) is 20.0. The van der Waals surface area contributed by atoms with Crippen LogP contribution in [0.2, 0.25) is 5.02 Å². The molecule has 10 heteroatoms. The molecule has 3 aromatic rings. The van der Waals surface area contributed by atoms with Crippen LogP contribution in [-0.2, 0) is 4.74 Å². The molecule has 0 aliphatic carbocycles. The van der Waals surface area contributed by atoms with E-state index in [0.717, 1.165) is 11.1 Å². The third kappa shape index (κ3) is 4.98. The molecule has 9 nitrogen and oxygen atoms in total. The zero-order valence-electron chi connectivity index (χ0n) is 19.2. The number of benzene rings is 2. The van der Waals surface area contributed by atoms with Crippen LogP contribution in [0.5, 0.6) is 11.6 Å². The van der Waals surface area contributed by atoms with Crippen molar-refractivity contribution in [3.8, 4) is 11.6 Å². The smallest absolute Gasteiger partial charge is 0.407 e. The van der Waals surface area contributed by atoms with Crippen molar-refractivity contribution in [2.75, 3.05) is 13.1 Å². The Labute approximate surface area is 212 Å². The van der Waals surface area contributed by atoms with Crippen molar-refractivity contribution in [3.05, 3.63) is 93.1 Å². The largest absolute Gasteiger partial charge is 0.465 e. The first-order valence-electron chi connectivity index (χ1n) is 11.6. The summed E-state index contributed by atoms with van der Waals surface area (Å²) < 4.78 is 12.6. The van der Waals surface area contributed by atoms with Gasteiger partial charge in [0.2, 0.25) is 5.88 Å². The molecule has 2 aliphatic rings. The lowest BCUT2D eigenvalue weighted by molar-refractivity contribution is -0.384. The average Bonchev–Trinajstić information content (AvgIpc) is 3.25. The Balaban J connectivity index is 1.44. The Morgan fingerprint density at radius 1 is 1.14 bits per heavy atom. The van der Waals surface area contributed by atoms with Gasteiger partial charge in [-0.1, -0.05) is 23.7 Å². The van der Waals surface area contributed by atoms with Gasteiger partial charge < -0.3 is 19.5 Å². The number of carboxylic acid groups (broad SMARTS) is 1. The quantitative estimate of drug-likeness (QED) is 0.322. The Morgan fingerprint density at radius 2 is 1.89 bits per heavy atom. The molecule has 2 saturated heterocycles. The normalized spacial score (nSPS) is 20.9. The second-order valence-corrected chi connectivity index (χ2v) is 9.58. The molecular weight excluding hydrogens is 486 g/mol. The van der Waals surface area contributed by atoms with Crippen LogP contribution in [-0.4, -0.2) is 44.7 Å². The fourth-order valence-corrected chi connectivity index (χ4v) is 5.18. The number of amides is 1. The van der Waals surface area contributed by atoms with Crippen molar-refractivity contribution >= 4 is 23.4 Å². The summed E-state index contributed by atoms with van der Waals surface area (Å²) in [5.74, 6) is 0.986. The Bertz CT molecular complexity index is 1260. The molecule has 1 aromatic heterocycles. The number of rotatable bonds is 5. The van der Waals surface area contributed by atoms with Crippen molar-refractivity contribution in [3.63, 3.8) is 0 Å². The summed E-state index contributed by atoms with van der Waals surface area (Å²) in [5.41, 5.74) is 1.39. The highest BCUT2D eigenvalue weighted by molar-refractivity contribution is 6.30. The van der Waals surface area contributed by atoms with E-state index < -0.39 is 16.6 Å². The summed E-state index contributed by atoms with van der Waals surface area (Å²) >= 11 is 5.92. The van der Waals surface area contributed by atoms with Gasteiger partial charge in [-0.2, -0.15) is 0 Å². The minimum Gasteiger partial charge on any atom is -0.465 e. The van der Waals surface area contributed by atoms with Crippen LogP contribution in [0, 0.1) is 10.1 Å². The van der Waals surface area contributed by atoms with E-state index in [1.165, 1.54) is 23.2 Å². The van der Waals surface area contributed by atoms with Crippen molar-refractivity contribution < 1.29 is 24.3 Å². The molecule has 1 spiro atoms. The van der Waals surface area contributed by atoms with Crippen molar-refractivity contribution in [1.82, 2.24) is 9.88 Å². The molecule has 5 rings (SSSR count). The van der Waals surface area contributed by atoms with Crippen molar-refractivity contribution in [2.24, 2.45) is 0 Å². The van der Waals surface area contributed by atoms with Gasteiger partial charge >= 0.3 is 6.09 Å². The number of likely N-dealkylation sites (tertiary alicyclic amines) is 1. The van der Waals surface area contributed by atoms with Gasteiger partial charge in [-0.3, -0.25) is 10.1 Å². The highest BCUT2D eigenvalue weighted by atomic mass is 35.5. The molecular formula is C26H24ClN3O6. The van der Waals surface area contributed by atoms with Crippen LogP contribution in [0.15, 0.2) is 66.9 Å². The molecule has 2 aromatic carbocycles. The van der Waals surface area contributed by atoms with E-state index in [4.69, 9.17) is 21.1 Å². The van der Waals surface area contributed by atoms with Gasteiger partial charge in [-0.25, -0.2) is 9.78 Å². The predicted octanol–water partition coefficient (Wildman–Crippen LogP) is 6.19. The van der Waals surface area contributed by atoms with E-state index in [1.807, 2.05) is 24.3 Å². The van der Waals surface area contributed by atoms with E-state index in [9.17, 15) is 20.0 Å². The number of ether oxygens (including phenoxy) is 2. The number of piperidine rings is 1. The maximum Gasteiger partial charge on any atom is 0.407 e. The summed E-state index contributed by atoms with van der Waals surface area (Å²) in [5, 5.41) is 21.0. The molecule has 2 fully saturated rings. The maximum absolute atomic E-state index is 11.4. The second kappa shape index (κ2) is 9.75. The molecule has 1 unspecified atom stereocenters. The number of nitro benzene ring substituents is 1. The Hall–Kier alpha value is -3.69. The van der Waals surface area contributed by atoms with Gasteiger partial charge in [-0.15, -0.1) is 0 Å². The predicted molar refractivity (Wildman–Crippen MR) is 132 cm³/mol. The average molecular weight is 510 g/mol. The van der Waals surface area contributed by atoms with Crippen LogP contribution in [0.25, 0.3) is 0 Å². The molecule has 1 amide bonds. The van der Waals surface area contributed by atoms with E-state index in [2.05, 4.69) is 4.98 Å². The molecule has 36 heavy (non-hydrogen) atoms. The van der Waals surface area contributed by atoms with Crippen LogP contribution >= 0.6 is 11.6 Å². The van der Waals surface area contributed by atoms with E-state index in [-0.39, 0.29) is 17.7 Å². The molecule has 0 bridgehead atoms. The van der Waals surface area contributed by atoms with E-state index >= 15 is 0 Å². The van der Waals surface area contributed by atoms with Gasteiger partial charge in [0, 0.05) is 43.4 Å². The maximum atomic E-state index is 11.4. The van der Waals surface area contributed by atoms with Gasteiger partial charge in [0.05, 0.1) is 21.7 Å². The summed E-state index contributed by atoms with van der Waals surface area (Å²) in [4.78, 5) is 27.8. The highest BCUT2D eigenvalue weighted by Gasteiger charge is 2.49. The third-order valence-electron chi connectivity index (χ3n) is 6.92. The molecule has 2 atom stereocenters. The van der Waals surface area contributed by atoms with Crippen molar-refractivity contribution in [1.29, 1.82) is 0 Å². The number of nitrogens with zero attached hydrogens (tertiary/aromatic N) is 3. The molecule has 1 N–H and O–H groups in total. The standard InChI is InChI=1S/C26H24ClN3O6/c27-19-6-9-23(28-16-19)35-21-3-1-2-18(14-21)22-15-26(10-12-29(13-11-26)25(31)32)36-24(22)17-4-7-20(8-5-17)30(33)34/h1-9,14,16,22,24H,10-13,15H2,(H,31,32)/t22-,24?/m1/s1. The number of hydrogen-bond acceptors (Lipinski definition) is 6. The number of nitro groups is 1. The first kappa shape index (κ1) is 24.0. The summed E-state index contributed by atoms with van der Waals surface area (Å²) in [6.45, 7) is 0.806. The highest BCUT2D eigenvalue weighted by Crippen LogP contribution is 2.53. The molecule has 2 aliphatic heterocycles. The minimum absolute atomic E-state index is 0.0173. The Morgan fingerprint density at radius 3 is 2.53 bits per heavy atom. The summed E-state index contributed by atoms with van der Waals surface area (Å²) in [6.07, 6.45) is 2.13. The summed E-state index contributed by atoms with van der Waals surface area (Å²) in [6, 6.07) is 17.6. The first-order chi connectivity index (χ1) is 17.3. The number of halogens is 1. The number of hydrogen-bond donors (Lipinski definition) is 1. The Kier molecular flexibility index (Phi) is 6.51. The lowest BCUT2D eigenvalue weighted by Crippen LogP contribution is -2.46. The van der Waals surface area contributed by atoms with Crippen LogP contribution in [0.1, 0.15) is 42.4 Å². The number of carbonyl (C=O) groups is 1. The fourth-order valence-electron chi connectivity index (χ4n) is 5.07. The van der Waals surface area contributed by atoms with Gasteiger partial charge in [0.25, 0.3) is 5.69 Å². The first-order valence-corrected chi connectivity index (χ1v) is 12.0. The third-order valence-corrected chi connectivity index (χ3v) is 7.14. The molecule has 3 heterocycles. The van der Waals surface area contributed by atoms with E-state index in [1.54, 1.807) is 24.3 Å². The number of non-ortho nitro benzene ring substituents is 1. The number of pyridine rings is 1. The molecule has 0 saturated carbocycles. The lowest BCUT2D eigenvalue weighted by atomic mass is 9.80. The SMILES string of the molecule is O=C(O)N1CCC2(CC1)C[C@H](c1cccc(Oc3ccc(Cl)cn3)c1)C(c1ccc([N+](=O)[O-])cc1)O2. The second-order valence-electron chi connectivity index (χ2n) is 9.14. The van der Waals surface area contributed by atoms with Gasteiger partial charge in [0.15, 0.2) is 0 Å². The fraction of sp³-hybridized carbons (Fsp3) is 0.308. The van der Waals surface area contributed by atoms with Crippen LogP contribution in [0.4, 0.5) is 10.5 Å². The van der Waals surface area contributed by atoms with Crippen LogP contribution < -0.4 is 4.74 Å². The lowest BCUT2D eigenvalue weighted by Gasteiger charge is -2.38. The van der Waals surface area contributed by atoms with Crippen molar-refractivity contribution in [2.45, 2.75) is 36.9 Å². The topological polar surface area (TPSA) is 115 Å². The van der Waals surface area contributed by atoms with Crippen LogP contribution in [0.3, 0.4) is 0 Å². The zero-order chi connectivity index (χ0) is 25.3. The monoisotopic (exact) mass is 509 g/mol. The minimum atomic E-state index is -0.924. The van der Waals surface area contributed by atoms with E-state index in [0.29, 0.717) is 49.0 Å². The summed E-state index contributed by atoms with van der Waals surface area (Å²) in [7, 11) is 0.